The van der Waals surface area contributed by atoms with Gasteiger partial charge in [0.1, 0.15) is 28.7 Å². The Labute approximate surface area is 172 Å². The van der Waals surface area contributed by atoms with Gasteiger partial charge >= 0.3 is 0 Å². The average molecular weight is 410 g/mol. The van der Waals surface area contributed by atoms with E-state index in [0.717, 1.165) is 52.2 Å². The van der Waals surface area contributed by atoms with E-state index in [0.29, 0.717) is 11.6 Å². The molecule has 0 aromatic carbocycles. The van der Waals surface area contributed by atoms with Crippen molar-refractivity contribution < 1.29 is 14.3 Å². The lowest BCUT2D eigenvalue weighted by Crippen LogP contribution is -2.42. The number of carbonyl (C=O) groups excluding carboxylic acids is 1. The van der Waals surface area contributed by atoms with Gasteiger partial charge in [-0.25, -0.2) is 9.97 Å². The van der Waals surface area contributed by atoms with Crippen LogP contribution in [0.15, 0.2) is 29.6 Å². The molecule has 2 N–H and O–H groups in total. The van der Waals surface area contributed by atoms with Crippen LogP contribution in [-0.4, -0.2) is 39.3 Å². The minimum absolute atomic E-state index is 0.0683. The Hall–Kier alpha value is -2.74. The minimum atomic E-state index is -0.158. The molecule has 1 amide bonds. The van der Waals surface area contributed by atoms with E-state index in [-0.39, 0.29) is 18.1 Å². The number of nitrogens with one attached hydrogen (secondary N) is 2. The molecule has 150 valence electrons. The van der Waals surface area contributed by atoms with E-state index >= 15 is 0 Å². The van der Waals surface area contributed by atoms with E-state index < -0.39 is 0 Å². The van der Waals surface area contributed by atoms with Gasteiger partial charge in [-0.3, -0.25) is 4.79 Å². The lowest BCUT2D eigenvalue weighted by atomic mass is 9.93. The van der Waals surface area contributed by atoms with E-state index in [2.05, 4.69) is 15.3 Å². The highest BCUT2D eigenvalue weighted by Gasteiger charge is 2.36. The largest absolute Gasteiger partial charge is 0.482 e. The lowest BCUT2D eigenvalue weighted by Gasteiger charge is -2.37. The summed E-state index contributed by atoms with van der Waals surface area (Å²) in [6.45, 7) is 1.47. The van der Waals surface area contributed by atoms with Crippen molar-refractivity contribution in [1.29, 1.82) is 0 Å². The molecule has 0 spiro atoms. The fourth-order valence-corrected chi connectivity index (χ4v) is 4.50. The first-order valence-corrected chi connectivity index (χ1v) is 11.0. The first-order valence-electron chi connectivity index (χ1n) is 9.80. The van der Waals surface area contributed by atoms with E-state index in [1.165, 1.54) is 13.3 Å². The Kier molecular flexibility index (Phi) is 4.58. The van der Waals surface area contributed by atoms with Crippen LogP contribution < -0.4 is 14.8 Å². The van der Waals surface area contributed by atoms with Crippen molar-refractivity contribution in [2.24, 2.45) is 0 Å². The Balaban J connectivity index is 1.65. The maximum absolute atomic E-state index is 11.4. The van der Waals surface area contributed by atoms with Crippen LogP contribution in [0.5, 0.6) is 11.5 Å². The zero-order valence-electron chi connectivity index (χ0n) is 16.3. The molecule has 5 rings (SSSR count). The number of anilines is 1. The van der Waals surface area contributed by atoms with Crippen molar-refractivity contribution >= 4 is 34.4 Å². The summed E-state index contributed by atoms with van der Waals surface area (Å²) >= 11 is 1.57. The molecule has 2 unspecified atom stereocenters. The molecule has 1 fully saturated rings. The second-order valence-corrected chi connectivity index (χ2v) is 8.26. The summed E-state index contributed by atoms with van der Waals surface area (Å²) < 4.78 is 12.8. The number of hydrogen-bond acceptors (Lipinski definition) is 6. The molecular formula is C21H22N4O3S. The first kappa shape index (κ1) is 18.3. The molecule has 4 heterocycles. The van der Waals surface area contributed by atoms with Gasteiger partial charge < -0.3 is 19.8 Å². The maximum Gasteiger partial charge on any atom is 0.222 e. The summed E-state index contributed by atoms with van der Waals surface area (Å²) in [4.78, 5) is 23.8. The van der Waals surface area contributed by atoms with Crippen molar-refractivity contribution in [2.45, 2.75) is 49.8 Å². The second kappa shape index (κ2) is 7.26. The molecule has 7 nitrogen and oxygen atoms in total. The van der Waals surface area contributed by atoms with Crippen LogP contribution in [0.2, 0.25) is 0 Å². The number of aromatic amines is 1. The number of hydrogen-bond donors (Lipinski definition) is 2. The van der Waals surface area contributed by atoms with Crippen LogP contribution in [0.3, 0.4) is 0 Å². The fraction of sp³-hybridized carbons (Fsp3) is 0.381. The quantitative estimate of drug-likeness (QED) is 0.623. The number of ether oxygens (including phenoxy) is 2. The third-order valence-electron chi connectivity index (χ3n) is 5.44. The van der Waals surface area contributed by atoms with Crippen LogP contribution in [0.25, 0.3) is 22.2 Å². The molecule has 2 aliphatic rings. The van der Waals surface area contributed by atoms with Crippen molar-refractivity contribution in [3.05, 3.63) is 24.5 Å². The maximum atomic E-state index is 11.4. The number of fused-ring (bicyclic) bond motifs is 3. The average Bonchev–Trinajstić information content (AvgIpc) is 3.14. The zero-order chi connectivity index (χ0) is 20.0. The van der Waals surface area contributed by atoms with E-state index in [1.807, 2.05) is 24.6 Å². The molecular weight excluding hydrogens is 388 g/mol. The van der Waals surface area contributed by atoms with Crippen LogP contribution in [-0.2, 0) is 4.79 Å². The Morgan fingerprint density at radius 2 is 2.03 bits per heavy atom. The predicted molar refractivity (Wildman–Crippen MR) is 113 cm³/mol. The van der Waals surface area contributed by atoms with E-state index in [4.69, 9.17) is 14.5 Å². The van der Waals surface area contributed by atoms with Crippen molar-refractivity contribution in [1.82, 2.24) is 15.0 Å². The molecule has 1 aliphatic carbocycles. The molecule has 8 heteroatoms. The molecule has 1 saturated carbocycles. The number of carbonyl (C=O) groups is 1. The molecule has 0 saturated heterocycles. The standard InChI is InChI=1S/C21H22N4O3S/c1-11(26)24-18-7-12-13(9-22-14(12)10-23-18)20-21-17(8-19(25-20)29-2)27-15-5-3-4-6-16(15)28-21/h7-10,15-16,22H,3-6H2,1-2H3,(H,23,24,26). The smallest absolute Gasteiger partial charge is 0.222 e. The van der Waals surface area contributed by atoms with E-state index in [9.17, 15) is 4.79 Å². The van der Waals surface area contributed by atoms with Crippen LogP contribution in [0.1, 0.15) is 32.6 Å². The molecule has 3 aromatic heterocycles. The highest BCUT2D eigenvalue weighted by Crippen LogP contribution is 2.46. The number of pyridine rings is 2. The van der Waals surface area contributed by atoms with Gasteiger partial charge in [-0.15, -0.1) is 11.8 Å². The summed E-state index contributed by atoms with van der Waals surface area (Å²) in [5.41, 5.74) is 2.52. The van der Waals surface area contributed by atoms with Gasteiger partial charge in [-0.05, 0) is 38.0 Å². The third-order valence-corrected chi connectivity index (χ3v) is 6.07. The normalized spacial score (nSPS) is 20.3. The summed E-state index contributed by atoms with van der Waals surface area (Å²) in [5.74, 6) is 1.80. The molecule has 3 aromatic rings. The highest BCUT2D eigenvalue weighted by atomic mass is 32.2. The van der Waals surface area contributed by atoms with Crippen molar-refractivity contribution in [3.63, 3.8) is 0 Å². The van der Waals surface area contributed by atoms with Crippen molar-refractivity contribution in [2.75, 3.05) is 11.6 Å². The minimum Gasteiger partial charge on any atom is -0.482 e. The number of amides is 1. The van der Waals surface area contributed by atoms with Gasteiger partial charge in [0.2, 0.25) is 5.91 Å². The molecule has 1 aliphatic heterocycles. The highest BCUT2D eigenvalue weighted by molar-refractivity contribution is 7.98. The van der Waals surface area contributed by atoms with Crippen molar-refractivity contribution in [3.8, 4) is 22.8 Å². The number of aromatic nitrogens is 3. The summed E-state index contributed by atoms with van der Waals surface area (Å²) in [6, 6.07) is 3.82. The number of H-pyrrole nitrogens is 1. The molecule has 0 radical (unpaired) electrons. The van der Waals surface area contributed by atoms with E-state index in [1.54, 1.807) is 18.0 Å². The van der Waals surface area contributed by atoms with Gasteiger partial charge in [0.25, 0.3) is 0 Å². The molecule has 29 heavy (non-hydrogen) atoms. The predicted octanol–water partition coefficient (Wildman–Crippen LogP) is 4.39. The van der Waals surface area contributed by atoms with Gasteiger partial charge in [0.15, 0.2) is 11.5 Å². The Bertz CT molecular complexity index is 1100. The number of rotatable bonds is 3. The number of nitrogens with zero attached hydrogens (tertiary/aromatic N) is 2. The molecule has 2 atom stereocenters. The van der Waals surface area contributed by atoms with Gasteiger partial charge in [-0.1, -0.05) is 0 Å². The SMILES string of the molecule is CSc1cc2c(c(-c3c[nH]c4cnc(NC(C)=O)cc34)n1)OC1CCCCC1O2. The lowest BCUT2D eigenvalue weighted by molar-refractivity contribution is -0.114. The first-order chi connectivity index (χ1) is 14.1. The third kappa shape index (κ3) is 3.31. The second-order valence-electron chi connectivity index (χ2n) is 7.44. The zero-order valence-corrected chi connectivity index (χ0v) is 17.1. The van der Waals surface area contributed by atoms with Crippen LogP contribution in [0, 0.1) is 0 Å². The summed E-state index contributed by atoms with van der Waals surface area (Å²) in [5, 5.41) is 4.54. The Morgan fingerprint density at radius 1 is 1.24 bits per heavy atom. The monoisotopic (exact) mass is 410 g/mol. The number of thioether (sulfide) groups is 1. The van der Waals surface area contributed by atoms with Gasteiger partial charge in [0, 0.05) is 30.1 Å². The van der Waals surface area contributed by atoms with Crippen LogP contribution >= 0.6 is 11.8 Å². The summed E-state index contributed by atoms with van der Waals surface area (Å²) in [6.07, 6.45) is 10.2. The van der Waals surface area contributed by atoms with Gasteiger partial charge in [-0.2, -0.15) is 0 Å². The molecule has 0 bridgehead atoms. The van der Waals surface area contributed by atoms with Gasteiger partial charge in [0.05, 0.1) is 11.7 Å². The van der Waals surface area contributed by atoms with Crippen LogP contribution in [0.4, 0.5) is 5.82 Å². The topological polar surface area (TPSA) is 89.1 Å². The summed E-state index contributed by atoms with van der Waals surface area (Å²) in [7, 11) is 0. The Morgan fingerprint density at radius 3 is 2.79 bits per heavy atom. The fourth-order valence-electron chi connectivity index (χ4n) is 4.09.